The van der Waals surface area contributed by atoms with Crippen LogP contribution < -0.4 is 4.90 Å². The highest BCUT2D eigenvalue weighted by molar-refractivity contribution is 5.49. The highest BCUT2D eigenvalue weighted by Crippen LogP contribution is 2.32. The Bertz CT molecular complexity index is 529. The molecule has 4 heteroatoms. The van der Waals surface area contributed by atoms with Crippen LogP contribution in [0.1, 0.15) is 32.0 Å². The lowest BCUT2D eigenvalue weighted by Crippen LogP contribution is -2.50. The van der Waals surface area contributed by atoms with E-state index in [1.807, 2.05) is 55.5 Å². The van der Waals surface area contributed by atoms with E-state index >= 15 is 0 Å². The van der Waals surface area contributed by atoms with Crippen LogP contribution >= 0.6 is 0 Å². The van der Waals surface area contributed by atoms with Gasteiger partial charge in [-0.3, -0.25) is 4.98 Å². The summed E-state index contributed by atoms with van der Waals surface area (Å²) >= 11 is 0. The molecule has 0 amide bonds. The molecular formula is C16H20N2O2. The van der Waals surface area contributed by atoms with Crippen LogP contribution in [0.2, 0.25) is 0 Å². The summed E-state index contributed by atoms with van der Waals surface area (Å²) < 4.78 is 0. The number of nitrogens with zero attached hydrogens (tertiary/aromatic N) is 2. The molecule has 1 heterocycles. The molecule has 0 fully saturated rings. The Morgan fingerprint density at radius 3 is 2.30 bits per heavy atom. The van der Waals surface area contributed by atoms with Crippen molar-refractivity contribution >= 4 is 5.69 Å². The molecule has 0 saturated carbocycles. The van der Waals surface area contributed by atoms with Crippen molar-refractivity contribution in [3.63, 3.8) is 0 Å². The van der Waals surface area contributed by atoms with Gasteiger partial charge in [-0.2, -0.15) is 0 Å². The first kappa shape index (κ1) is 14.5. The van der Waals surface area contributed by atoms with E-state index in [2.05, 4.69) is 4.98 Å². The van der Waals surface area contributed by atoms with Gasteiger partial charge in [-0.25, -0.2) is 0 Å². The van der Waals surface area contributed by atoms with Gasteiger partial charge in [0.1, 0.15) is 0 Å². The van der Waals surface area contributed by atoms with Crippen LogP contribution in [-0.2, 0) is 0 Å². The maximum atomic E-state index is 10.3. The predicted molar refractivity (Wildman–Crippen MR) is 79.0 cm³/mol. The fraction of sp³-hybridized carbons (Fsp3) is 0.312. The molecule has 106 valence electrons. The maximum Gasteiger partial charge on any atom is 0.246 e. The third-order valence-electron chi connectivity index (χ3n) is 3.40. The zero-order chi connectivity index (χ0) is 14.6. The van der Waals surface area contributed by atoms with Gasteiger partial charge in [-0.1, -0.05) is 31.2 Å². The summed E-state index contributed by atoms with van der Waals surface area (Å²) in [4.78, 5) is 5.89. The topological polar surface area (TPSA) is 56.6 Å². The number of para-hydroxylation sites is 1. The monoisotopic (exact) mass is 272 g/mol. The second-order valence-electron chi connectivity index (χ2n) is 4.76. The van der Waals surface area contributed by atoms with E-state index < -0.39 is 5.91 Å². The molecule has 1 atom stereocenters. The molecule has 1 aromatic carbocycles. The lowest BCUT2D eigenvalue weighted by Gasteiger charge is -2.40. The van der Waals surface area contributed by atoms with Gasteiger partial charge in [0.25, 0.3) is 0 Å². The quantitative estimate of drug-likeness (QED) is 0.822. The predicted octanol–water partition coefficient (Wildman–Crippen LogP) is 2.70. The molecule has 0 radical (unpaired) electrons. The lowest BCUT2D eigenvalue weighted by molar-refractivity contribution is -0.166. The first-order chi connectivity index (χ1) is 9.56. The Kier molecular flexibility index (Phi) is 4.37. The van der Waals surface area contributed by atoms with Gasteiger partial charge in [-0.15, -0.1) is 0 Å². The van der Waals surface area contributed by atoms with Gasteiger partial charge in [0.05, 0.1) is 11.7 Å². The lowest BCUT2D eigenvalue weighted by atomic mass is 10.1. The van der Waals surface area contributed by atoms with E-state index in [0.29, 0.717) is 0 Å². The average Bonchev–Trinajstić information content (AvgIpc) is 2.49. The molecule has 0 aliphatic heterocycles. The second-order valence-corrected chi connectivity index (χ2v) is 4.76. The Morgan fingerprint density at radius 2 is 1.75 bits per heavy atom. The summed E-state index contributed by atoms with van der Waals surface area (Å²) in [6.45, 7) is 3.65. The molecule has 0 bridgehead atoms. The molecule has 0 aliphatic carbocycles. The standard InChI is InChI=1S/C16H20N2O2/c1-3-16(19,20)18(14-9-5-4-6-10-14)13(2)15-11-7-8-12-17-15/h4-13,19-20H,3H2,1-2H3. The summed E-state index contributed by atoms with van der Waals surface area (Å²) in [7, 11) is 0. The van der Waals surface area contributed by atoms with Crippen molar-refractivity contribution in [2.45, 2.75) is 32.2 Å². The molecule has 2 aromatic rings. The maximum absolute atomic E-state index is 10.3. The fourth-order valence-electron chi connectivity index (χ4n) is 2.25. The van der Waals surface area contributed by atoms with Gasteiger partial charge < -0.3 is 15.1 Å². The van der Waals surface area contributed by atoms with Crippen LogP contribution in [0.3, 0.4) is 0 Å². The zero-order valence-electron chi connectivity index (χ0n) is 11.8. The molecule has 2 rings (SSSR count). The molecule has 0 spiro atoms. The fourth-order valence-corrected chi connectivity index (χ4v) is 2.25. The van der Waals surface area contributed by atoms with Crippen molar-refractivity contribution in [3.05, 3.63) is 60.4 Å². The van der Waals surface area contributed by atoms with Crippen molar-refractivity contribution in [1.29, 1.82) is 0 Å². The minimum atomic E-state index is -1.92. The molecule has 4 nitrogen and oxygen atoms in total. The smallest absolute Gasteiger partial charge is 0.246 e. The van der Waals surface area contributed by atoms with Crippen LogP contribution in [0.4, 0.5) is 5.69 Å². The zero-order valence-corrected chi connectivity index (χ0v) is 11.8. The number of hydrogen-bond acceptors (Lipinski definition) is 4. The molecule has 1 unspecified atom stereocenters. The normalized spacial score (nSPS) is 13.0. The van der Waals surface area contributed by atoms with Crippen molar-refractivity contribution in [3.8, 4) is 0 Å². The number of anilines is 1. The molecule has 0 saturated heterocycles. The molecule has 0 aliphatic rings. The Morgan fingerprint density at radius 1 is 1.10 bits per heavy atom. The first-order valence-electron chi connectivity index (χ1n) is 6.76. The van der Waals surface area contributed by atoms with Gasteiger partial charge in [-0.05, 0) is 31.2 Å². The van der Waals surface area contributed by atoms with Crippen LogP contribution in [0.15, 0.2) is 54.7 Å². The minimum Gasteiger partial charge on any atom is -0.349 e. The third kappa shape index (κ3) is 2.98. The van der Waals surface area contributed by atoms with Gasteiger partial charge in [0.15, 0.2) is 0 Å². The van der Waals surface area contributed by atoms with E-state index in [9.17, 15) is 10.2 Å². The molecule has 1 aromatic heterocycles. The first-order valence-corrected chi connectivity index (χ1v) is 6.76. The number of rotatable bonds is 5. The average molecular weight is 272 g/mol. The van der Waals surface area contributed by atoms with Crippen molar-refractivity contribution < 1.29 is 10.2 Å². The largest absolute Gasteiger partial charge is 0.349 e. The molecule has 20 heavy (non-hydrogen) atoms. The number of aromatic nitrogens is 1. The Labute approximate surface area is 119 Å². The van der Waals surface area contributed by atoms with Crippen molar-refractivity contribution in [2.75, 3.05) is 4.90 Å². The van der Waals surface area contributed by atoms with Crippen LogP contribution in [0.5, 0.6) is 0 Å². The Hall–Kier alpha value is -1.91. The third-order valence-corrected chi connectivity index (χ3v) is 3.40. The van der Waals surface area contributed by atoms with E-state index in [0.717, 1.165) is 11.4 Å². The van der Waals surface area contributed by atoms with E-state index in [-0.39, 0.29) is 12.5 Å². The summed E-state index contributed by atoms with van der Waals surface area (Å²) in [5.41, 5.74) is 1.54. The van der Waals surface area contributed by atoms with E-state index in [4.69, 9.17) is 0 Å². The highest BCUT2D eigenvalue weighted by Gasteiger charge is 2.34. The van der Waals surface area contributed by atoms with E-state index in [1.165, 1.54) is 0 Å². The van der Waals surface area contributed by atoms with E-state index in [1.54, 1.807) is 18.0 Å². The number of pyridine rings is 1. The molecule has 2 N–H and O–H groups in total. The van der Waals surface area contributed by atoms with Gasteiger partial charge >= 0.3 is 0 Å². The SMILES string of the molecule is CCC(O)(O)N(c1ccccc1)C(C)c1ccccn1. The van der Waals surface area contributed by atoms with Gasteiger partial charge in [0, 0.05) is 18.3 Å². The van der Waals surface area contributed by atoms with Crippen molar-refractivity contribution in [1.82, 2.24) is 4.98 Å². The van der Waals surface area contributed by atoms with Crippen LogP contribution in [0.25, 0.3) is 0 Å². The van der Waals surface area contributed by atoms with Crippen molar-refractivity contribution in [2.24, 2.45) is 0 Å². The summed E-state index contributed by atoms with van der Waals surface area (Å²) in [5.74, 6) is -1.92. The number of hydrogen-bond donors (Lipinski definition) is 2. The summed E-state index contributed by atoms with van der Waals surface area (Å²) in [6.07, 6.45) is 1.90. The minimum absolute atomic E-state index is 0.194. The van der Waals surface area contributed by atoms with Crippen LogP contribution in [0, 0.1) is 0 Å². The number of benzene rings is 1. The summed E-state index contributed by atoms with van der Waals surface area (Å²) in [6, 6.07) is 14.7. The highest BCUT2D eigenvalue weighted by atomic mass is 16.5. The van der Waals surface area contributed by atoms with Crippen LogP contribution in [-0.4, -0.2) is 21.1 Å². The second kappa shape index (κ2) is 6.03. The Balaban J connectivity index is 2.43. The molecular weight excluding hydrogens is 252 g/mol. The summed E-state index contributed by atoms with van der Waals surface area (Å²) in [5, 5.41) is 20.6. The van der Waals surface area contributed by atoms with Gasteiger partial charge in [0.2, 0.25) is 5.91 Å². The number of aliphatic hydroxyl groups is 2.